The number of benzene rings is 2. The van der Waals surface area contributed by atoms with E-state index in [0.717, 1.165) is 35.5 Å². The van der Waals surface area contributed by atoms with E-state index in [-0.39, 0.29) is 24.0 Å². The van der Waals surface area contributed by atoms with Crippen molar-refractivity contribution in [2.24, 2.45) is 0 Å². The van der Waals surface area contributed by atoms with Gasteiger partial charge in [0, 0.05) is 31.6 Å². The molecule has 6 rings (SSSR count). The minimum absolute atomic E-state index is 0.0266. The number of carbonyl (C=O) groups is 1. The van der Waals surface area contributed by atoms with Crippen LogP contribution < -0.4 is 10.1 Å². The fourth-order valence-electron chi connectivity index (χ4n) is 5.22. The van der Waals surface area contributed by atoms with Crippen molar-refractivity contribution in [2.75, 3.05) is 19.6 Å². The van der Waals surface area contributed by atoms with E-state index >= 15 is 0 Å². The van der Waals surface area contributed by atoms with Crippen LogP contribution in [0.5, 0.6) is 11.5 Å². The molecule has 3 aromatic rings. The molecule has 3 heterocycles. The summed E-state index contributed by atoms with van der Waals surface area (Å²) >= 11 is 0. The summed E-state index contributed by atoms with van der Waals surface area (Å²) in [5, 5.41) is 7.38. The fraction of sp³-hybridized carbons (Fsp3) is 0.483. The summed E-state index contributed by atoms with van der Waals surface area (Å²) in [6, 6.07) is 16.5. The average Bonchev–Trinajstić information content (AvgIpc) is 3.52. The monoisotopic (exact) mass is 517 g/mol. The first kappa shape index (κ1) is 25.0. The van der Waals surface area contributed by atoms with Crippen molar-refractivity contribution in [3.63, 3.8) is 0 Å². The van der Waals surface area contributed by atoms with Gasteiger partial charge in [-0.05, 0) is 48.2 Å². The van der Waals surface area contributed by atoms with Gasteiger partial charge in [-0.2, -0.15) is 4.98 Å². The first-order valence-electron chi connectivity index (χ1n) is 13.5. The number of amides is 1. The molecule has 1 saturated carbocycles. The molecular formula is C29H35N5O4. The first-order chi connectivity index (χ1) is 18.5. The van der Waals surface area contributed by atoms with Crippen molar-refractivity contribution in [3.05, 3.63) is 71.4 Å². The zero-order valence-corrected chi connectivity index (χ0v) is 22.0. The Bertz CT molecular complexity index is 1270. The average molecular weight is 518 g/mol. The molecule has 9 heteroatoms. The highest BCUT2D eigenvalue weighted by molar-refractivity contribution is 5.78. The standard InChI is InChI=1S/C29H35N5O4/c1-19(2)29-31-28(38-32-29)17-33-14-25-26(15-33)36-18-21-6-4-8-24(12-21)37-23-7-3-5-20(11-23)13-34(22-9-10-22)16-27(35)30-25/h3-8,11-12,19,22,25-26H,9-10,13-18H2,1-2H3,(H,30,35)/t25-,26-/m0/s1. The number of nitrogens with zero attached hydrogens (tertiary/aromatic N) is 4. The third-order valence-electron chi connectivity index (χ3n) is 7.34. The van der Waals surface area contributed by atoms with Crippen LogP contribution in [-0.2, 0) is 29.2 Å². The molecular weight excluding hydrogens is 482 g/mol. The zero-order valence-electron chi connectivity index (χ0n) is 22.0. The molecule has 1 saturated heterocycles. The third kappa shape index (κ3) is 6.06. The Hall–Kier alpha value is -3.27. The van der Waals surface area contributed by atoms with Crippen LogP contribution in [-0.4, -0.2) is 63.7 Å². The summed E-state index contributed by atoms with van der Waals surface area (Å²) in [4.78, 5) is 22.3. The second kappa shape index (κ2) is 10.8. The number of nitrogens with one attached hydrogen (secondary N) is 1. The predicted octanol–water partition coefficient (Wildman–Crippen LogP) is 3.85. The van der Waals surface area contributed by atoms with Gasteiger partial charge in [0.05, 0.1) is 31.8 Å². The molecule has 9 nitrogen and oxygen atoms in total. The molecule has 2 atom stereocenters. The first-order valence-corrected chi connectivity index (χ1v) is 13.5. The molecule has 200 valence electrons. The highest BCUT2D eigenvalue weighted by Gasteiger charge is 2.37. The van der Waals surface area contributed by atoms with Crippen molar-refractivity contribution in [1.29, 1.82) is 0 Å². The van der Waals surface area contributed by atoms with Crippen LogP contribution >= 0.6 is 0 Å². The number of rotatable bonds is 4. The Kier molecular flexibility index (Phi) is 7.14. The normalized spacial score (nSPS) is 23.2. The largest absolute Gasteiger partial charge is 0.457 e. The maximum atomic E-state index is 13.3. The van der Waals surface area contributed by atoms with Crippen LogP contribution in [0.25, 0.3) is 0 Å². The summed E-state index contributed by atoms with van der Waals surface area (Å²) in [5.41, 5.74) is 2.16. The number of aromatic nitrogens is 2. The lowest BCUT2D eigenvalue weighted by molar-refractivity contribution is -0.124. The Morgan fingerprint density at radius 3 is 2.53 bits per heavy atom. The molecule has 0 spiro atoms. The molecule has 2 aromatic carbocycles. The SMILES string of the molecule is CC(C)c1noc(CN2C[C@@H]3NC(=O)CN(C4CC4)Cc4cccc(c4)Oc4cccc(c4)CO[C@H]3C2)n1. The Morgan fingerprint density at radius 2 is 1.79 bits per heavy atom. The van der Waals surface area contributed by atoms with Crippen molar-refractivity contribution in [3.8, 4) is 11.5 Å². The van der Waals surface area contributed by atoms with E-state index in [2.05, 4.69) is 37.4 Å². The summed E-state index contributed by atoms with van der Waals surface area (Å²) in [6.07, 6.45) is 2.09. The Balaban J connectivity index is 1.23. The van der Waals surface area contributed by atoms with Crippen LogP contribution in [0.1, 0.15) is 55.4 Å². The number of fused-ring (bicyclic) bond motifs is 5. The number of hydrogen-bond donors (Lipinski definition) is 1. The van der Waals surface area contributed by atoms with Crippen LogP contribution in [0.2, 0.25) is 0 Å². The van der Waals surface area contributed by atoms with E-state index in [1.807, 2.05) is 50.2 Å². The van der Waals surface area contributed by atoms with E-state index < -0.39 is 0 Å². The summed E-state index contributed by atoms with van der Waals surface area (Å²) < 4.78 is 18.1. The topological polar surface area (TPSA) is 93.0 Å². The molecule has 38 heavy (non-hydrogen) atoms. The molecule has 2 aliphatic heterocycles. The predicted molar refractivity (Wildman–Crippen MR) is 141 cm³/mol. The van der Waals surface area contributed by atoms with Crippen molar-refractivity contribution < 1.29 is 18.8 Å². The number of hydrogen-bond acceptors (Lipinski definition) is 8. The molecule has 0 unspecified atom stereocenters. The molecule has 2 fully saturated rings. The molecule has 1 amide bonds. The van der Waals surface area contributed by atoms with E-state index in [9.17, 15) is 4.79 Å². The van der Waals surface area contributed by atoms with Gasteiger partial charge >= 0.3 is 0 Å². The lowest BCUT2D eigenvalue weighted by Crippen LogP contribution is -2.48. The summed E-state index contributed by atoms with van der Waals surface area (Å²) in [6.45, 7) is 7.43. The van der Waals surface area contributed by atoms with Gasteiger partial charge in [-0.15, -0.1) is 0 Å². The van der Waals surface area contributed by atoms with E-state index in [1.54, 1.807) is 0 Å². The third-order valence-corrected chi connectivity index (χ3v) is 7.34. The minimum Gasteiger partial charge on any atom is -0.457 e. The van der Waals surface area contributed by atoms with Crippen molar-refractivity contribution in [1.82, 2.24) is 25.3 Å². The van der Waals surface area contributed by atoms with Crippen molar-refractivity contribution >= 4 is 5.91 Å². The van der Waals surface area contributed by atoms with Gasteiger partial charge in [-0.3, -0.25) is 14.6 Å². The lowest BCUT2D eigenvalue weighted by atomic mass is 10.1. The molecule has 4 bridgehead atoms. The summed E-state index contributed by atoms with van der Waals surface area (Å²) in [5.74, 6) is 3.11. The van der Waals surface area contributed by atoms with Gasteiger partial charge in [0.15, 0.2) is 5.82 Å². The Morgan fingerprint density at radius 1 is 1.03 bits per heavy atom. The number of ether oxygens (including phenoxy) is 2. The van der Waals surface area contributed by atoms with Crippen LogP contribution in [0.15, 0.2) is 53.1 Å². The zero-order chi connectivity index (χ0) is 26.1. The Labute approximate surface area is 223 Å². The van der Waals surface area contributed by atoms with Crippen LogP contribution in [0, 0.1) is 0 Å². The quantitative estimate of drug-likeness (QED) is 0.558. The van der Waals surface area contributed by atoms with Gasteiger partial charge in [0.2, 0.25) is 11.8 Å². The maximum absolute atomic E-state index is 13.3. The number of carbonyl (C=O) groups excluding carboxylic acids is 1. The van der Waals surface area contributed by atoms with Gasteiger partial charge < -0.3 is 19.3 Å². The molecule has 1 N–H and O–H groups in total. The smallest absolute Gasteiger partial charge is 0.240 e. The van der Waals surface area contributed by atoms with Crippen LogP contribution in [0.4, 0.5) is 0 Å². The highest BCUT2D eigenvalue weighted by atomic mass is 16.5. The number of likely N-dealkylation sites (tertiary alicyclic amines) is 1. The molecule has 1 aliphatic carbocycles. The van der Waals surface area contributed by atoms with E-state index in [0.29, 0.717) is 57.1 Å². The van der Waals surface area contributed by atoms with Crippen LogP contribution in [0.3, 0.4) is 0 Å². The molecule has 3 aliphatic rings. The fourth-order valence-corrected chi connectivity index (χ4v) is 5.22. The van der Waals surface area contributed by atoms with E-state index in [4.69, 9.17) is 14.0 Å². The summed E-state index contributed by atoms with van der Waals surface area (Å²) in [7, 11) is 0. The molecule has 1 aromatic heterocycles. The minimum atomic E-state index is -0.161. The lowest BCUT2D eigenvalue weighted by Gasteiger charge is -2.25. The van der Waals surface area contributed by atoms with Gasteiger partial charge in [-0.25, -0.2) is 0 Å². The van der Waals surface area contributed by atoms with Gasteiger partial charge in [-0.1, -0.05) is 43.3 Å². The van der Waals surface area contributed by atoms with Crippen molar-refractivity contribution in [2.45, 2.75) is 70.5 Å². The van der Waals surface area contributed by atoms with Gasteiger partial charge in [0.25, 0.3) is 0 Å². The molecule has 0 radical (unpaired) electrons. The maximum Gasteiger partial charge on any atom is 0.240 e. The highest BCUT2D eigenvalue weighted by Crippen LogP contribution is 2.30. The van der Waals surface area contributed by atoms with Gasteiger partial charge in [0.1, 0.15) is 11.5 Å². The second-order valence-electron chi connectivity index (χ2n) is 11.0. The second-order valence-corrected chi connectivity index (χ2v) is 11.0. The van der Waals surface area contributed by atoms with E-state index in [1.165, 1.54) is 0 Å².